The van der Waals surface area contributed by atoms with Crippen molar-refractivity contribution in [2.45, 2.75) is 38.7 Å². The summed E-state index contributed by atoms with van der Waals surface area (Å²) in [6.07, 6.45) is 5.18. The van der Waals surface area contributed by atoms with Crippen LogP contribution in [0.25, 0.3) is 0 Å². The van der Waals surface area contributed by atoms with Gasteiger partial charge >= 0.3 is 0 Å². The molecule has 0 spiro atoms. The molecule has 0 radical (unpaired) electrons. The van der Waals surface area contributed by atoms with Gasteiger partial charge in [-0.1, -0.05) is 30.7 Å². The Hall–Kier alpha value is -1.39. The molecule has 23 heavy (non-hydrogen) atoms. The minimum Gasteiger partial charge on any atom is -0.392 e. The highest BCUT2D eigenvalue weighted by atomic mass is 16.5. The summed E-state index contributed by atoms with van der Waals surface area (Å²) >= 11 is 0. The van der Waals surface area contributed by atoms with Crippen LogP contribution in [0.5, 0.6) is 0 Å². The van der Waals surface area contributed by atoms with E-state index in [-0.39, 0.29) is 12.0 Å². The van der Waals surface area contributed by atoms with Gasteiger partial charge in [-0.2, -0.15) is 0 Å². The van der Waals surface area contributed by atoms with E-state index in [1.807, 2.05) is 12.1 Å². The molecule has 1 amide bonds. The fourth-order valence-corrected chi connectivity index (χ4v) is 3.93. The summed E-state index contributed by atoms with van der Waals surface area (Å²) in [7, 11) is 1.69. The number of methoxy groups -OCH3 is 1. The van der Waals surface area contributed by atoms with Crippen LogP contribution >= 0.6 is 0 Å². The van der Waals surface area contributed by atoms with Gasteiger partial charge in [0.05, 0.1) is 18.6 Å². The number of nitrogens with zero attached hydrogens (tertiary/aromatic N) is 1. The monoisotopic (exact) mass is 317 g/mol. The summed E-state index contributed by atoms with van der Waals surface area (Å²) in [5.74, 6) is 0.849. The lowest BCUT2D eigenvalue weighted by molar-refractivity contribution is -0.151. The van der Waals surface area contributed by atoms with Crippen molar-refractivity contribution in [3.8, 4) is 0 Å². The van der Waals surface area contributed by atoms with Gasteiger partial charge in [0.15, 0.2) is 0 Å². The third-order valence-electron chi connectivity index (χ3n) is 5.49. The molecule has 0 bridgehead atoms. The molecule has 1 aromatic carbocycles. The second-order valence-electron chi connectivity index (χ2n) is 7.15. The maximum Gasteiger partial charge on any atom is 0.231 e. The average Bonchev–Trinajstić information content (AvgIpc) is 2.99. The predicted molar refractivity (Wildman–Crippen MR) is 88.9 cm³/mol. The number of carbonyl (C=O) groups is 1. The number of hydrogen-bond donors (Lipinski definition) is 1. The Morgan fingerprint density at radius 3 is 2.57 bits per heavy atom. The van der Waals surface area contributed by atoms with Gasteiger partial charge in [-0.25, -0.2) is 0 Å². The van der Waals surface area contributed by atoms with Crippen molar-refractivity contribution in [1.29, 1.82) is 0 Å². The number of ether oxygens (including phenoxy) is 1. The van der Waals surface area contributed by atoms with Crippen molar-refractivity contribution in [3.05, 3.63) is 35.4 Å². The Kier molecular flexibility index (Phi) is 5.02. The van der Waals surface area contributed by atoms with Gasteiger partial charge in [0.2, 0.25) is 5.91 Å². The first kappa shape index (κ1) is 16.5. The SMILES string of the molecule is COCC1(C(=O)N2CC[C@H](Cc3ccc(CO)cc3)C2)CCC1. The standard InChI is InChI=1S/C19H27NO3/c1-23-14-19(8-2-9-19)18(22)20-10-7-17(12-20)11-15-3-5-16(13-21)6-4-15/h3-6,17,21H,2,7-14H2,1H3/t17-/m1/s1. The van der Waals surface area contributed by atoms with Gasteiger partial charge in [-0.3, -0.25) is 4.79 Å². The first-order valence-corrected chi connectivity index (χ1v) is 8.64. The van der Waals surface area contributed by atoms with Crippen molar-refractivity contribution >= 4 is 5.91 Å². The molecule has 0 aromatic heterocycles. The number of rotatable bonds is 6. The lowest BCUT2D eigenvalue weighted by Gasteiger charge is -2.42. The first-order chi connectivity index (χ1) is 11.2. The zero-order chi connectivity index (χ0) is 16.3. The number of aliphatic hydroxyl groups excluding tert-OH is 1. The Bertz CT molecular complexity index is 536. The van der Waals surface area contributed by atoms with E-state index in [2.05, 4.69) is 17.0 Å². The molecule has 126 valence electrons. The van der Waals surface area contributed by atoms with Gasteiger partial charge < -0.3 is 14.7 Å². The normalized spacial score (nSPS) is 22.9. The summed E-state index contributed by atoms with van der Waals surface area (Å²) in [6, 6.07) is 8.15. The van der Waals surface area contributed by atoms with Crippen LogP contribution in [0.15, 0.2) is 24.3 Å². The summed E-state index contributed by atoms with van der Waals surface area (Å²) in [5.41, 5.74) is 2.01. The molecule has 1 aromatic rings. The van der Waals surface area contributed by atoms with Crippen LogP contribution in [0.1, 0.15) is 36.8 Å². The zero-order valence-corrected chi connectivity index (χ0v) is 14.0. The van der Waals surface area contributed by atoms with Crippen LogP contribution in [0.4, 0.5) is 0 Å². The molecule has 1 aliphatic carbocycles. The fraction of sp³-hybridized carbons (Fsp3) is 0.632. The molecule has 1 atom stereocenters. The third-order valence-corrected chi connectivity index (χ3v) is 5.49. The summed E-state index contributed by atoms with van der Waals surface area (Å²) in [6.45, 7) is 2.40. The molecule has 1 heterocycles. The molecule has 1 saturated heterocycles. The van der Waals surface area contributed by atoms with Crippen LogP contribution in [0, 0.1) is 11.3 Å². The molecule has 4 nitrogen and oxygen atoms in total. The number of benzene rings is 1. The maximum atomic E-state index is 12.8. The van der Waals surface area contributed by atoms with Crippen LogP contribution in [0.2, 0.25) is 0 Å². The zero-order valence-electron chi connectivity index (χ0n) is 14.0. The van der Waals surface area contributed by atoms with Crippen molar-refractivity contribution < 1.29 is 14.6 Å². The van der Waals surface area contributed by atoms with Gasteiger partial charge in [-0.05, 0) is 42.7 Å². The summed E-state index contributed by atoms with van der Waals surface area (Å²) in [4.78, 5) is 14.9. The molecular weight excluding hydrogens is 290 g/mol. The van der Waals surface area contributed by atoms with Crippen LogP contribution < -0.4 is 0 Å². The second kappa shape index (κ2) is 7.02. The van der Waals surface area contributed by atoms with E-state index >= 15 is 0 Å². The van der Waals surface area contributed by atoms with Crippen LogP contribution in [-0.2, 0) is 22.6 Å². The molecule has 2 aliphatic rings. The summed E-state index contributed by atoms with van der Waals surface area (Å²) in [5, 5.41) is 9.10. The highest BCUT2D eigenvalue weighted by Gasteiger charge is 2.47. The Labute approximate surface area is 138 Å². The quantitative estimate of drug-likeness (QED) is 0.876. The fourth-order valence-electron chi connectivity index (χ4n) is 3.93. The molecular formula is C19H27NO3. The minimum absolute atomic E-state index is 0.0908. The van der Waals surface area contributed by atoms with Crippen molar-refractivity contribution in [3.63, 3.8) is 0 Å². The highest BCUT2D eigenvalue weighted by molar-refractivity contribution is 5.84. The van der Waals surface area contributed by atoms with Gasteiger partial charge in [0.1, 0.15) is 0 Å². The molecule has 3 rings (SSSR count). The summed E-state index contributed by atoms with van der Waals surface area (Å²) < 4.78 is 5.31. The maximum absolute atomic E-state index is 12.8. The van der Waals surface area contributed by atoms with E-state index in [9.17, 15) is 4.79 Å². The van der Waals surface area contributed by atoms with E-state index < -0.39 is 0 Å². The number of hydrogen-bond acceptors (Lipinski definition) is 3. The lowest BCUT2D eigenvalue weighted by Crippen LogP contribution is -2.49. The Morgan fingerprint density at radius 1 is 1.30 bits per heavy atom. The van der Waals surface area contributed by atoms with Crippen LogP contribution in [0.3, 0.4) is 0 Å². The van der Waals surface area contributed by atoms with Crippen LogP contribution in [-0.4, -0.2) is 42.7 Å². The third kappa shape index (κ3) is 3.43. The van der Waals surface area contributed by atoms with E-state index in [0.717, 1.165) is 50.8 Å². The topological polar surface area (TPSA) is 49.8 Å². The minimum atomic E-state index is -0.230. The van der Waals surface area contributed by atoms with Gasteiger partial charge in [0, 0.05) is 20.2 Å². The molecule has 1 saturated carbocycles. The average molecular weight is 317 g/mol. The number of aliphatic hydroxyl groups is 1. The predicted octanol–water partition coefficient (Wildman–Crippen LogP) is 2.39. The van der Waals surface area contributed by atoms with Gasteiger partial charge in [-0.15, -0.1) is 0 Å². The Balaban J connectivity index is 1.56. The van der Waals surface area contributed by atoms with Crippen molar-refractivity contribution in [1.82, 2.24) is 4.90 Å². The smallest absolute Gasteiger partial charge is 0.231 e. The number of carbonyl (C=O) groups excluding carboxylic acids is 1. The van der Waals surface area contributed by atoms with E-state index in [1.165, 1.54) is 5.56 Å². The molecule has 1 aliphatic heterocycles. The van der Waals surface area contributed by atoms with Crippen molar-refractivity contribution in [2.75, 3.05) is 26.8 Å². The molecule has 4 heteroatoms. The molecule has 0 unspecified atom stereocenters. The molecule has 1 N–H and O–H groups in total. The van der Waals surface area contributed by atoms with Gasteiger partial charge in [0.25, 0.3) is 0 Å². The molecule has 2 fully saturated rings. The number of likely N-dealkylation sites (tertiary alicyclic amines) is 1. The van der Waals surface area contributed by atoms with E-state index in [4.69, 9.17) is 9.84 Å². The Morgan fingerprint density at radius 2 is 2.00 bits per heavy atom. The lowest BCUT2D eigenvalue weighted by atomic mass is 9.68. The van der Waals surface area contributed by atoms with Crippen molar-refractivity contribution in [2.24, 2.45) is 11.3 Å². The van der Waals surface area contributed by atoms with E-state index in [0.29, 0.717) is 18.4 Å². The number of amides is 1. The second-order valence-corrected chi connectivity index (χ2v) is 7.15. The largest absolute Gasteiger partial charge is 0.392 e. The highest BCUT2D eigenvalue weighted by Crippen LogP contribution is 2.43. The van der Waals surface area contributed by atoms with E-state index in [1.54, 1.807) is 7.11 Å². The first-order valence-electron chi connectivity index (χ1n) is 8.64.